The van der Waals surface area contributed by atoms with Gasteiger partial charge in [0.05, 0.1) is 11.8 Å². The van der Waals surface area contributed by atoms with Crippen LogP contribution in [0.3, 0.4) is 0 Å². The lowest BCUT2D eigenvalue weighted by molar-refractivity contribution is 0.0920. The topological polar surface area (TPSA) is 100 Å². The summed E-state index contributed by atoms with van der Waals surface area (Å²) in [5.41, 5.74) is 3.30. The van der Waals surface area contributed by atoms with Gasteiger partial charge >= 0.3 is 0 Å². The predicted octanol–water partition coefficient (Wildman–Crippen LogP) is 5.96. The van der Waals surface area contributed by atoms with E-state index < -0.39 is 11.7 Å². The SMILES string of the molecule is C[C@@H]1[C@H](NC(=O)c2ccc(C3CC3)cc2F)CCCN1c1cnc(C#N)c(Nc2ccc(N3CCN(C4CCCC4)CC3)cc2)n1. The second kappa shape index (κ2) is 13.2. The van der Waals surface area contributed by atoms with E-state index in [9.17, 15) is 14.4 Å². The van der Waals surface area contributed by atoms with Crippen LogP contribution >= 0.6 is 0 Å². The number of nitriles is 1. The third-order valence-corrected chi connectivity index (χ3v) is 10.4. The number of rotatable bonds is 8. The Morgan fingerprint density at radius 3 is 2.41 bits per heavy atom. The van der Waals surface area contributed by atoms with Crippen molar-refractivity contribution in [3.63, 3.8) is 0 Å². The number of benzene rings is 2. The summed E-state index contributed by atoms with van der Waals surface area (Å²) in [5, 5.41) is 16.2. The maximum Gasteiger partial charge on any atom is 0.254 e. The number of hydrogen-bond donors (Lipinski definition) is 2. The molecule has 2 atom stereocenters. The van der Waals surface area contributed by atoms with Crippen molar-refractivity contribution in [3.8, 4) is 6.07 Å². The molecule has 2 aliphatic carbocycles. The van der Waals surface area contributed by atoms with E-state index >= 15 is 0 Å². The number of aromatic nitrogens is 2. The Morgan fingerprint density at radius 2 is 1.72 bits per heavy atom. The molecule has 0 bridgehead atoms. The van der Waals surface area contributed by atoms with E-state index in [4.69, 9.17) is 4.98 Å². The lowest BCUT2D eigenvalue weighted by Gasteiger charge is -2.40. The molecule has 9 nitrogen and oxygen atoms in total. The third-order valence-electron chi connectivity index (χ3n) is 10.4. The Kier molecular flexibility index (Phi) is 8.76. The standard InChI is InChI=1S/C36H43FN8O/c1-24-32(41-36(46)30-15-10-26(21-31(30)37)25-8-9-25)7-4-16-45(24)34-23-39-33(22-38)35(42-34)40-27-11-13-29(14-12-27)44-19-17-43(18-20-44)28-5-2-3-6-28/h10-15,21,23-25,28,32H,2-9,16-20H2,1H3,(H,40,42)(H,41,46)/t24-,32-/m1/s1. The molecule has 0 unspecified atom stereocenters. The van der Waals surface area contributed by atoms with Crippen LogP contribution in [0.15, 0.2) is 48.7 Å². The average molecular weight is 623 g/mol. The molecule has 2 saturated carbocycles. The molecule has 3 aromatic rings. The highest BCUT2D eigenvalue weighted by Crippen LogP contribution is 2.40. The Morgan fingerprint density at radius 1 is 0.957 bits per heavy atom. The summed E-state index contributed by atoms with van der Waals surface area (Å²) in [7, 11) is 0. The lowest BCUT2D eigenvalue weighted by atomic mass is 9.96. The zero-order valence-corrected chi connectivity index (χ0v) is 26.6. The summed E-state index contributed by atoms with van der Waals surface area (Å²) in [6.45, 7) is 7.07. The molecule has 0 spiro atoms. The minimum atomic E-state index is -0.467. The molecule has 2 aliphatic heterocycles. The molecule has 10 heteroatoms. The lowest BCUT2D eigenvalue weighted by Crippen LogP contribution is -2.54. The van der Waals surface area contributed by atoms with Gasteiger partial charge in [-0.15, -0.1) is 0 Å². The van der Waals surface area contributed by atoms with Gasteiger partial charge in [0.1, 0.15) is 17.7 Å². The predicted molar refractivity (Wildman–Crippen MR) is 178 cm³/mol. The largest absolute Gasteiger partial charge is 0.369 e. The van der Waals surface area contributed by atoms with Crippen LogP contribution in [-0.2, 0) is 0 Å². The van der Waals surface area contributed by atoms with Gasteiger partial charge in [-0.05, 0) is 93.3 Å². The van der Waals surface area contributed by atoms with Crippen molar-refractivity contribution in [2.45, 2.75) is 82.3 Å². The molecule has 2 saturated heterocycles. The number of anilines is 4. The number of nitrogens with one attached hydrogen (secondary N) is 2. The monoisotopic (exact) mass is 622 g/mol. The van der Waals surface area contributed by atoms with E-state index in [1.54, 1.807) is 12.3 Å². The quantitative estimate of drug-likeness (QED) is 0.318. The molecular weight excluding hydrogens is 579 g/mol. The van der Waals surface area contributed by atoms with E-state index in [1.165, 1.54) is 37.4 Å². The van der Waals surface area contributed by atoms with Crippen molar-refractivity contribution in [1.29, 1.82) is 5.26 Å². The van der Waals surface area contributed by atoms with Crippen LogP contribution in [-0.4, -0.2) is 71.6 Å². The molecule has 2 aromatic carbocycles. The molecular formula is C36H43FN8O. The molecule has 7 rings (SSSR count). The zero-order chi connectivity index (χ0) is 31.6. The maximum atomic E-state index is 14.8. The molecule has 4 fully saturated rings. The summed E-state index contributed by atoms with van der Waals surface area (Å²) in [5.74, 6) is 0.591. The van der Waals surface area contributed by atoms with E-state index in [0.29, 0.717) is 17.6 Å². The normalized spacial score (nSPS) is 22.5. The van der Waals surface area contributed by atoms with Crippen molar-refractivity contribution in [2.24, 2.45) is 0 Å². The third kappa shape index (κ3) is 6.52. The van der Waals surface area contributed by atoms with Crippen LogP contribution in [0, 0.1) is 17.1 Å². The smallest absolute Gasteiger partial charge is 0.254 e. The second-order valence-corrected chi connectivity index (χ2v) is 13.3. The summed E-state index contributed by atoms with van der Waals surface area (Å²) >= 11 is 0. The molecule has 1 amide bonds. The van der Waals surface area contributed by atoms with Gasteiger partial charge in [-0.1, -0.05) is 18.9 Å². The van der Waals surface area contributed by atoms with Crippen LogP contribution < -0.4 is 20.4 Å². The maximum absolute atomic E-state index is 14.8. The number of amides is 1. The van der Waals surface area contributed by atoms with Gasteiger partial charge < -0.3 is 20.4 Å². The number of carbonyl (C=O) groups is 1. The van der Waals surface area contributed by atoms with Crippen LogP contribution in [0.5, 0.6) is 0 Å². The first-order chi connectivity index (χ1) is 22.5. The van der Waals surface area contributed by atoms with Crippen LogP contribution in [0.4, 0.5) is 27.4 Å². The summed E-state index contributed by atoms with van der Waals surface area (Å²) < 4.78 is 14.8. The summed E-state index contributed by atoms with van der Waals surface area (Å²) in [6.07, 6.45) is 10.8. The van der Waals surface area contributed by atoms with Crippen LogP contribution in [0.2, 0.25) is 0 Å². The van der Waals surface area contributed by atoms with Gasteiger partial charge in [0.2, 0.25) is 0 Å². The number of piperidine rings is 1. The Balaban J connectivity index is 0.998. The minimum Gasteiger partial charge on any atom is -0.369 e. The fourth-order valence-electron chi connectivity index (χ4n) is 7.49. The van der Waals surface area contributed by atoms with E-state index in [-0.39, 0.29) is 23.3 Å². The van der Waals surface area contributed by atoms with Gasteiger partial charge in [0.15, 0.2) is 11.5 Å². The van der Waals surface area contributed by atoms with Gasteiger partial charge in [-0.3, -0.25) is 9.69 Å². The van der Waals surface area contributed by atoms with Gasteiger partial charge in [0.25, 0.3) is 5.91 Å². The number of piperazine rings is 1. The van der Waals surface area contributed by atoms with Crippen molar-refractivity contribution in [1.82, 2.24) is 20.2 Å². The highest BCUT2D eigenvalue weighted by atomic mass is 19.1. The Hall–Kier alpha value is -4.23. The number of hydrogen-bond acceptors (Lipinski definition) is 8. The fraction of sp³-hybridized carbons (Fsp3) is 0.500. The summed E-state index contributed by atoms with van der Waals surface area (Å²) in [4.78, 5) is 29.6. The molecule has 3 heterocycles. The highest BCUT2D eigenvalue weighted by molar-refractivity contribution is 5.94. The Labute approximate surface area is 270 Å². The van der Waals surface area contributed by atoms with Crippen molar-refractivity contribution in [3.05, 3.63) is 71.3 Å². The number of halogens is 1. The highest BCUT2D eigenvalue weighted by Gasteiger charge is 2.32. The van der Waals surface area contributed by atoms with E-state index in [0.717, 1.165) is 75.7 Å². The minimum absolute atomic E-state index is 0.0794. The molecule has 4 aliphatic rings. The molecule has 46 heavy (non-hydrogen) atoms. The fourth-order valence-corrected chi connectivity index (χ4v) is 7.49. The van der Waals surface area contributed by atoms with Crippen molar-refractivity contribution >= 4 is 28.9 Å². The van der Waals surface area contributed by atoms with Gasteiger partial charge in [-0.25, -0.2) is 14.4 Å². The van der Waals surface area contributed by atoms with Crippen molar-refractivity contribution < 1.29 is 9.18 Å². The number of nitrogens with zero attached hydrogens (tertiary/aromatic N) is 6. The Bertz CT molecular complexity index is 1590. The number of carbonyl (C=O) groups excluding carboxylic acids is 1. The van der Waals surface area contributed by atoms with E-state index in [1.807, 2.05) is 25.1 Å². The molecule has 1 aromatic heterocycles. The zero-order valence-electron chi connectivity index (χ0n) is 26.6. The van der Waals surface area contributed by atoms with Gasteiger partial charge in [-0.2, -0.15) is 5.26 Å². The first-order valence-corrected chi connectivity index (χ1v) is 17.0. The summed E-state index contributed by atoms with van der Waals surface area (Å²) in [6, 6.07) is 15.9. The second-order valence-electron chi connectivity index (χ2n) is 13.3. The molecule has 0 radical (unpaired) electrons. The van der Waals surface area contributed by atoms with E-state index in [2.05, 4.69) is 48.5 Å². The van der Waals surface area contributed by atoms with Crippen molar-refractivity contribution in [2.75, 3.05) is 47.8 Å². The van der Waals surface area contributed by atoms with Gasteiger partial charge in [0, 0.05) is 62.2 Å². The molecule has 240 valence electrons. The van der Waals surface area contributed by atoms with Crippen LogP contribution in [0.1, 0.15) is 85.8 Å². The molecule has 2 N–H and O–H groups in total. The first kappa shape index (κ1) is 30.4. The first-order valence-electron chi connectivity index (χ1n) is 17.0. The van der Waals surface area contributed by atoms with Crippen LogP contribution in [0.25, 0.3) is 0 Å². The average Bonchev–Trinajstić information content (AvgIpc) is 3.79.